The lowest BCUT2D eigenvalue weighted by Crippen LogP contribution is -2.26. The molecule has 0 radical (unpaired) electrons. The molecular formula is C17H25NO3. The van der Waals surface area contributed by atoms with Gasteiger partial charge in [0.1, 0.15) is 5.60 Å². The van der Waals surface area contributed by atoms with Crippen LogP contribution in [0.3, 0.4) is 0 Å². The lowest BCUT2D eigenvalue weighted by atomic mass is 10.1. The Labute approximate surface area is 126 Å². The molecule has 0 saturated heterocycles. The lowest BCUT2D eigenvalue weighted by Gasteiger charge is -2.19. The summed E-state index contributed by atoms with van der Waals surface area (Å²) in [6.07, 6.45) is 1.03. The second-order valence-corrected chi connectivity index (χ2v) is 6.16. The first-order valence-electron chi connectivity index (χ1n) is 7.30. The topological polar surface area (TPSA) is 55.4 Å². The average molecular weight is 291 g/mol. The molecule has 4 heteroatoms. The number of Topliss-reactive ketones (excluding diaryl/α,β-unsaturated/α-hetero) is 1. The molecule has 0 aromatic heterocycles. The molecule has 1 aromatic carbocycles. The normalized spacial score (nSPS) is 11.2. The zero-order valence-electron chi connectivity index (χ0n) is 13.4. The molecule has 0 unspecified atom stereocenters. The van der Waals surface area contributed by atoms with E-state index >= 15 is 0 Å². The van der Waals surface area contributed by atoms with E-state index in [4.69, 9.17) is 4.74 Å². The minimum atomic E-state index is -0.439. The van der Waals surface area contributed by atoms with Gasteiger partial charge in [-0.2, -0.15) is 0 Å². The largest absolute Gasteiger partial charge is 0.460 e. The Kier molecular flexibility index (Phi) is 6.56. The first-order chi connectivity index (χ1) is 9.78. The Balaban J connectivity index is 2.18. The zero-order chi connectivity index (χ0) is 15.9. The summed E-state index contributed by atoms with van der Waals surface area (Å²) in [5.41, 5.74) is 1.41. The monoisotopic (exact) mass is 291 g/mol. The van der Waals surface area contributed by atoms with Gasteiger partial charge in [-0.05, 0) is 40.7 Å². The van der Waals surface area contributed by atoms with E-state index in [1.165, 1.54) is 0 Å². The van der Waals surface area contributed by atoms with E-state index < -0.39 is 5.60 Å². The third-order valence-corrected chi connectivity index (χ3v) is 2.81. The third-order valence-electron chi connectivity index (χ3n) is 2.81. The van der Waals surface area contributed by atoms with Crippen LogP contribution in [0.4, 0.5) is 0 Å². The van der Waals surface area contributed by atoms with Crippen LogP contribution in [-0.2, 0) is 9.53 Å². The number of esters is 1. The molecule has 0 spiro atoms. The van der Waals surface area contributed by atoms with Gasteiger partial charge in [0.2, 0.25) is 0 Å². The number of carbonyl (C=O) groups is 2. The number of ketones is 1. The number of rotatable bonds is 7. The lowest BCUT2D eigenvalue weighted by molar-refractivity contribution is -0.154. The summed E-state index contributed by atoms with van der Waals surface area (Å²) in [5.74, 6) is -0.138. The Bertz CT molecular complexity index is 472. The molecule has 0 bridgehead atoms. The van der Waals surface area contributed by atoms with E-state index in [1.807, 2.05) is 52.0 Å². The van der Waals surface area contributed by atoms with Crippen molar-refractivity contribution in [1.29, 1.82) is 0 Å². The first-order valence-corrected chi connectivity index (χ1v) is 7.30. The predicted molar refractivity (Wildman–Crippen MR) is 83.5 cm³/mol. The first kappa shape index (κ1) is 17.4. The highest BCUT2D eigenvalue weighted by atomic mass is 16.6. The summed E-state index contributed by atoms with van der Waals surface area (Å²) in [6, 6.07) is 7.52. The average Bonchev–Trinajstić information content (AvgIpc) is 2.36. The maximum absolute atomic E-state index is 11.9. The van der Waals surface area contributed by atoms with Gasteiger partial charge in [-0.15, -0.1) is 0 Å². The molecule has 0 heterocycles. The van der Waals surface area contributed by atoms with Gasteiger partial charge in [0.25, 0.3) is 0 Å². The highest BCUT2D eigenvalue weighted by Crippen LogP contribution is 2.08. The number of aryl methyl sites for hydroxylation is 1. The van der Waals surface area contributed by atoms with Crippen LogP contribution in [0.2, 0.25) is 0 Å². The van der Waals surface area contributed by atoms with Gasteiger partial charge < -0.3 is 10.1 Å². The van der Waals surface area contributed by atoms with Crippen molar-refractivity contribution in [1.82, 2.24) is 5.32 Å². The minimum Gasteiger partial charge on any atom is -0.460 e. The fourth-order valence-electron chi connectivity index (χ4n) is 1.79. The number of hydrogen-bond acceptors (Lipinski definition) is 4. The van der Waals surface area contributed by atoms with Crippen molar-refractivity contribution in [2.24, 2.45) is 0 Å². The van der Waals surface area contributed by atoms with E-state index in [2.05, 4.69) is 5.32 Å². The molecule has 0 amide bonds. The number of ether oxygens (including phenoxy) is 1. The Hall–Kier alpha value is -1.68. The SMILES string of the molecule is Cc1ccc(C(=O)CNCCCC(=O)OC(C)(C)C)cc1. The maximum atomic E-state index is 11.9. The van der Waals surface area contributed by atoms with Crippen LogP contribution < -0.4 is 5.32 Å². The van der Waals surface area contributed by atoms with Crippen LogP contribution in [-0.4, -0.2) is 30.4 Å². The molecule has 0 aliphatic carbocycles. The molecule has 0 aliphatic heterocycles. The van der Waals surface area contributed by atoms with E-state index in [0.717, 1.165) is 5.56 Å². The zero-order valence-corrected chi connectivity index (χ0v) is 13.4. The number of carbonyl (C=O) groups excluding carboxylic acids is 2. The molecule has 4 nitrogen and oxygen atoms in total. The van der Waals surface area contributed by atoms with Crippen molar-refractivity contribution in [2.75, 3.05) is 13.1 Å². The summed E-state index contributed by atoms with van der Waals surface area (Å²) in [6.45, 7) is 8.45. The Morgan fingerprint density at radius 2 is 1.76 bits per heavy atom. The summed E-state index contributed by atoms with van der Waals surface area (Å²) in [5, 5.41) is 3.06. The van der Waals surface area contributed by atoms with E-state index in [1.54, 1.807) is 0 Å². The molecular weight excluding hydrogens is 266 g/mol. The van der Waals surface area contributed by atoms with Crippen molar-refractivity contribution < 1.29 is 14.3 Å². The van der Waals surface area contributed by atoms with Crippen molar-refractivity contribution in [2.45, 2.75) is 46.1 Å². The fraction of sp³-hybridized carbons (Fsp3) is 0.529. The van der Waals surface area contributed by atoms with Gasteiger partial charge in [0.15, 0.2) is 5.78 Å². The van der Waals surface area contributed by atoms with Crippen LogP contribution in [0.1, 0.15) is 49.5 Å². The molecule has 0 atom stereocenters. The van der Waals surface area contributed by atoms with Gasteiger partial charge in [0.05, 0.1) is 6.54 Å². The van der Waals surface area contributed by atoms with E-state index in [9.17, 15) is 9.59 Å². The second-order valence-electron chi connectivity index (χ2n) is 6.16. The molecule has 0 aliphatic rings. The Morgan fingerprint density at radius 1 is 1.14 bits per heavy atom. The Morgan fingerprint density at radius 3 is 2.33 bits per heavy atom. The summed E-state index contributed by atoms with van der Waals surface area (Å²) >= 11 is 0. The molecule has 0 fully saturated rings. The minimum absolute atomic E-state index is 0.0623. The van der Waals surface area contributed by atoms with Crippen LogP contribution in [0.15, 0.2) is 24.3 Å². The van der Waals surface area contributed by atoms with Crippen LogP contribution in [0.5, 0.6) is 0 Å². The summed E-state index contributed by atoms with van der Waals surface area (Å²) in [4.78, 5) is 23.4. The van der Waals surface area contributed by atoms with Crippen molar-refractivity contribution >= 4 is 11.8 Å². The summed E-state index contributed by atoms with van der Waals surface area (Å²) in [7, 11) is 0. The highest BCUT2D eigenvalue weighted by molar-refractivity contribution is 5.97. The quantitative estimate of drug-likeness (QED) is 0.477. The molecule has 0 saturated carbocycles. The molecule has 1 aromatic rings. The summed E-state index contributed by atoms with van der Waals surface area (Å²) < 4.78 is 5.21. The van der Waals surface area contributed by atoms with Crippen LogP contribution >= 0.6 is 0 Å². The van der Waals surface area contributed by atoms with Gasteiger partial charge in [-0.3, -0.25) is 9.59 Å². The standard InChI is InChI=1S/C17H25NO3/c1-13-7-9-14(10-8-13)15(19)12-18-11-5-6-16(20)21-17(2,3)4/h7-10,18H,5-6,11-12H2,1-4H3. The predicted octanol–water partition coefficient (Wildman–Crippen LogP) is 2.89. The molecule has 1 rings (SSSR count). The number of hydrogen-bond donors (Lipinski definition) is 1. The van der Waals surface area contributed by atoms with Crippen molar-refractivity contribution in [3.8, 4) is 0 Å². The van der Waals surface area contributed by atoms with Crippen LogP contribution in [0.25, 0.3) is 0 Å². The third kappa shape index (κ3) is 7.61. The van der Waals surface area contributed by atoms with E-state index in [-0.39, 0.29) is 18.3 Å². The number of nitrogens with one attached hydrogen (secondary N) is 1. The fourth-order valence-corrected chi connectivity index (χ4v) is 1.79. The molecule has 1 N–H and O–H groups in total. The van der Waals surface area contributed by atoms with Crippen molar-refractivity contribution in [3.63, 3.8) is 0 Å². The van der Waals surface area contributed by atoms with Gasteiger partial charge in [-0.1, -0.05) is 29.8 Å². The van der Waals surface area contributed by atoms with Crippen LogP contribution in [0, 0.1) is 6.92 Å². The van der Waals surface area contributed by atoms with Gasteiger partial charge in [-0.25, -0.2) is 0 Å². The smallest absolute Gasteiger partial charge is 0.306 e. The molecule has 116 valence electrons. The molecule has 21 heavy (non-hydrogen) atoms. The van der Waals surface area contributed by atoms with Crippen molar-refractivity contribution in [3.05, 3.63) is 35.4 Å². The maximum Gasteiger partial charge on any atom is 0.306 e. The van der Waals surface area contributed by atoms with E-state index in [0.29, 0.717) is 24.9 Å². The highest BCUT2D eigenvalue weighted by Gasteiger charge is 2.15. The van der Waals surface area contributed by atoms with Gasteiger partial charge >= 0.3 is 5.97 Å². The second kappa shape index (κ2) is 7.93. The number of benzene rings is 1. The van der Waals surface area contributed by atoms with Gasteiger partial charge in [0, 0.05) is 12.0 Å².